The van der Waals surface area contributed by atoms with E-state index in [0.29, 0.717) is 30.4 Å². The van der Waals surface area contributed by atoms with E-state index in [1.807, 2.05) is 16.8 Å². The number of carbonyl (C=O) groups excluding carboxylic acids is 1. The third kappa shape index (κ3) is 3.32. The molecule has 2 aromatic heterocycles. The van der Waals surface area contributed by atoms with Gasteiger partial charge in [0.2, 0.25) is 11.7 Å². The van der Waals surface area contributed by atoms with Crippen molar-refractivity contribution in [2.75, 3.05) is 13.1 Å². The number of thiophene rings is 1. The van der Waals surface area contributed by atoms with Crippen molar-refractivity contribution in [2.45, 2.75) is 18.8 Å². The SMILES string of the molecule is O=C(c1ccc(F)cc1)N1CCC[C@H](c2nc(-c3ccsc3)no2)C1. The van der Waals surface area contributed by atoms with Crippen molar-refractivity contribution < 1.29 is 13.7 Å². The van der Waals surface area contributed by atoms with Gasteiger partial charge in [0.15, 0.2) is 0 Å². The second kappa shape index (κ2) is 6.76. The number of benzene rings is 1. The molecular weight excluding hydrogens is 341 g/mol. The fourth-order valence-corrected chi connectivity index (χ4v) is 3.68. The van der Waals surface area contributed by atoms with Crippen LogP contribution in [0.5, 0.6) is 0 Å². The molecule has 0 unspecified atom stereocenters. The van der Waals surface area contributed by atoms with E-state index >= 15 is 0 Å². The number of carbonyl (C=O) groups is 1. The monoisotopic (exact) mass is 357 g/mol. The van der Waals surface area contributed by atoms with E-state index in [2.05, 4.69) is 10.1 Å². The van der Waals surface area contributed by atoms with Gasteiger partial charge in [0.25, 0.3) is 5.91 Å². The van der Waals surface area contributed by atoms with Crippen LogP contribution < -0.4 is 0 Å². The Morgan fingerprint density at radius 2 is 2.12 bits per heavy atom. The molecule has 1 amide bonds. The van der Waals surface area contributed by atoms with E-state index in [-0.39, 0.29) is 17.6 Å². The summed E-state index contributed by atoms with van der Waals surface area (Å²) in [5.74, 6) is 0.733. The summed E-state index contributed by atoms with van der Waals surface area (Å²) in [5, 5.41) is 7.99. The number of halogens is 1. The Morgan fingerprint density at radius 3 is 2.88 bits per heavy atom. The fraction of sp³-hybridized carbons (Fsp3) is 0.278. The molecule has 0 radical (unpaired) electrons. The van der Waals surface area contributed by atoms with E-state index in [4.69, 9.17) is 4.52 Å². The largest absolute Gasteiger partial charge is 0.339 e. The number of amides is 1. The summed E-state index contributed by atoms with van der Waals surface area (Å²) in [6.07, 6.45) is 1.77. The summed E-state index contributed by atoms with van der Waals surface area (Å²) < 4.78 is 18.5. The molecular formula is C18H16FN3O2S. The highest BCUT2D eigenvalue weighted by Crippen LogP contribution is 2.28. The van der Waals surface area contributed by atoms with E-state index in [0.717, 1.165) is 18.4 Å². The van der Waals surface area contributed by atoms with Crippen LogP contribution in [0.25, 0.3) is 11.4 Å². The van der Waals surface area contributed by atoms with Gasteiger partial charge >= 0.3 is 0 Å². The van der Waals surface area contributed by atoms with Crippen molar-refractivity contribution >= 4 is 17.2 Å². The lowest BCUT2D eigenvalue weighted by Crippen LogP contribution is -2.39. The fourth-order valence-electron chi connectivity index (χ4n) is 3.05. The molecule has 128 valence electrons. The first-order valence-electron chi connectivity index (χ1n) is 8.12. The predicted molar refractivity (Wildman–Crippen MR) is 91.9 cm³/mol. The summed E-state index contributed by atoms with van der Waals surface area (Å²) >= 11 is 1.58. The van der Waals surface area contributed by atoms with Crippen LogP contribution in [0.1, 0.15) is 35.0 Å². The molecule has 0 bridgehead atoms. The normalized spacial score (nSPS) is 17.6. The summed E-state index contributed by atoms with van der Waals surface area (Å²) in [6, 6.07) is 7.59. The van der Waals surface area contributed by atoms with Gasteiger partial charge in [0.05, 0.1) is 5.92 Å². The second-order valence-electron chi connectivity index (χ2n) is 6.07. The highest BCUT2D eigenvalue weighted by molar-refractivity contribution is 7.08. The minimum absolute atomic E-state index is 0.0260. The number of hydrogen-bond acceptors (Lipinski definition) is 5. The molecule has 7 heteroatoms. The summed E-state index contributed by atoms with van der Waals surface area (Å²) in [5.41, 5.74) is 1.43. The average molecular weight is 357 g/mol. The number of likely N-dealkylation sites (tertiary alicyclic amines) is 1. The smallest absolute Gasteiger partial charge is 0.253 e. The number of rotatable bonds is 3. The molecule has 0 aliphatic carbocycles. The maximum Gasteiger partial charge on any atom is 0.253 e. The van der Waals surface area contributed by atoms with Crippen LogP contribution >= 0.6 is 11.3 Å². The zero-order valence-electron chi connectivity index (χ0n) is 13.4. The maximum atomic E-state index is 13.0. The zero-order valence-corrected chi connectivity index (χ0v) is 14.2. The Bertz CT molecular complexity index is 861. The number of nitrogens with zero attached hydrogens (tertiary/aromatic N) is 3. The molecule has 1 atom stereocenters. The van der Waals surface area contributed by atoms with Crippen molar-refractivity contribution in [1.29, 1.82) is 0 Å². The lowest BCUT2D eigenvalue weighted by Gasteiger charge is -2.31. The first-order chi connectivity index (χ1) is 12.2. The second-order valence-corrected chi connectivity index (χ2v) is 6.85. The highest BCUT2D eigenvalue weighted by Gasteiger charge is 2.29. The molecule has 1 saturated heterocycles. The van der Waals surface area contributed by atoms with Crippen molar-refractivity contribution in [3.05, 3.63) is 58.4 Å². The van der Waals surface area contributed by atoms with Gasteiger partial charge in [-0.15, -0.1) is 0 Å². The molecule has 4 rings (SSSR count). The van der Waals surface area contributed by atoms with Gasteiger partial charge in [-0.2, -0.15) is 16.3 Å². The molecule has 1 aliphatic heterocycles. The lowest BCUT2D eigenvalue weighted by molar-refractivity contribution is 0.0695. The Hall–Kier alpha value is -2.54. The van der Waals surface area contributed by atoms with Gasteiger partial charge in [-0.3, -0.25) is 4.79 Å². The van der Waals surface area contributed by atoms with Crippen molar-refractivity contribution in [1.82, 2.24) is 15.0 Å². The van der Waals surface area contributed by atoms with Crippen LogP contribution in [-0.4, -0.2) is 34.0 Å². The van der Waals surface area contributed by atoms with Crippen molar-refractivity contribution in [3.8, 4) is 11.4 Å². The van der Waals surface area contributed by atoms with Crippen LogP contribution in [0.2, 0.25) is 0 Å². The summed E-state index contributed by atoms with van der Waals surface area (Å²) in [4.78, 5) is 18.9. The minimum atomic E-state index is -0.347. The van der Waals surface area contributed by atoms with E-state index in [9.17, 15) is 9.18 Å². The minimum Gasteiger partial charge on any atom is -0.339 e. The quantitative estimate of drug-likeness (QED) is 0.712. The van der Waals surface area contributed by atoms with Crippen molar-refractivity contribution in [2.24, 2.45) is 0 Å². The van der Waals surface area contributed by atoms with E-state index in [1.165, 1.54) is 24.3 Å². The van der Waals surface area contributed by atoms with Gasteiger partial charge in [0, 0.05) is 29.6 Å². The van der Waals surface area contributed by atoms with Gasteiger partial charge in [0.1, 0.15) is 5.82 Å². The highest BCUT2D eigenvalue weighted by atomic mass is 32.1. The topological polar surface area (TPSA) is 59.2 Å². The molecule has 1 aliphatic rings. The Labute approximate surface area is 148 Å². The van der Waals surface area contributed by atoms with Crippen LogP contribution in [-0.2, 0) is 0 Å². The van der Waals surface area contributed by atoms with Crippen molar-refractivity contribution in [3.63, 3.8) is 0 Å². The Kier molecular flexibility index (Phi) is 4.31. The number of piperidine rings is 1. The van der Waals surface area contributed by atoms with Gasteiger partial charge in [-0.05, 0) is 48.6 Å². The third-order valence-corrected chi connectivity index (χ3v) is 5.05. The van der Waals surface area contributed by atoms with Gasteiger partial charge in [-0.25, -0.2) is 4.39 Å². The van der Waals surface area contributed by atoms with Crippen LogP contribution in [0.15, 0.2) is 45.6 Å². The first kappa shape index (κ1) is 16.0. The van der Waals surface area contributed by atoms with E-state index < -0.39 is 0 Å². The standard InChI is InChI=1S/C18H16FN3O2S/c19-15-5-3-12(4-6-15)18(23)22-8-1-2-13(10-22)17-20-16(21-24-17)14-7-9-25-11-14/h3-7,9,11,13H,1-2,8,10H2/t13-/m0/s1. The zero-order chi connectivity index (χ0) is 17.2. The van der Waals surface area contributed by atoms with Gasteiger partial charge < -0.3 is 9.42 Å². The molecule has 0 N–H and O–H groups in total. The van der Waals surface area contributed by atoms with E-state index in [1.54, 1.807) is 16.2 Å². The molecule has 1 fully saturated rings. The molecule has 0 spiro atoms. The molecule has 0 saturated carbocycles. The third-order valence-electron chi connectivity index (χ3n) is 4.37. The summed E-state index contributed by atoms with van der Waals surface area (Å²) in [7, 11) is 0. The maximum absolute atomic E-state index is 13.0. The lowest BCUT2D eigenvalue weighted by atomic mass is 9.97. The summed E-state index contributed by atoms with van der Waals surface area (Å²) in [6.45, 7) is 1.21. The Balaban J connectivity index is 1.49. The van der Waals surface area contributed by atoms with Crippen LogP contribution in [0.4, 0.5) is 4.39 Å². The molecule has 25 heavy (non-hydrogen) atoms. The number of hydrogen-bond donors (Lipinski definition) is 0. The average Bonchev–Trinajstić information content (AvgIpc) is 3.33. The molecule has 1 aromatic carbocycles. The molecule has 3 heterocycles. The molecule has 5 nitrogen and oxygen atoms in total. The first-order valence-corrected chi connectivity index (χ1v) is 9.06. The Morgan fingerprint density at radius 1 is 1.28 bits per heavy atom. The van der Waals surface area contributed by atoms with Gasteiger partial charge in [-0.1, -0.05) is 5.16 Å². The molecule has 3 aromatic rings. The predicted octanol–water partition coefficient (Wildman–Crippen LogP) is 3.96. The number of aromatic nitrogens is 2. The van der Waals surface area contributed by atoms with Crippen LogP contribution in [0, 0.1) is 5.82 Å². The van der Waals surface area contributed by atoms with Crippen LogP contribution in [0.3, 0.4) is 0 Å².